The Kier molecular flexibility index (Phi) is 11.4. The quantitative estimate of drug-likeness (QED) is 0.303. The molecule has 2 fully saturated rings. The van der Waals surface area contributed by atoms with Gasteiger partial charge in [0.05, 0.1) is 5.56 Å². The Bertz CT molecular complexity index is 901. The number of nitrogens with one attached hydrogen (secondary N) is 1. The Morgan fingerprint density at radius 2 is 1.83 bits per heavy atom. The number of piperidine rings is 1. The Morgan fingerprint density at radius 1 is 1.17 bits per heavy atom. The minimum atomic E-state index is -0.725. The van der Waals surface area contributed by atoms with E-state index in [9.17, 15) is 19.2 Å². The monoisotopic (exact) mass is 550 g/mol. The number of hydrogen-bond donors (Lipinski definition) is 1. The van der Waals surface area contributed by atoms with Crippen molar-refractivity contribution in [3.8, 4) is 0 Å². The molecule has 3 amide bonds. The molecular formula is C26H39BrN4O4. The van der Waals surface area contributed by atoms with Gasteiger partial charge in [0.1, 0.15) is 6.04 Å². The van der Waals surface area contributed by atoms with Gasteiger partial charge in [-0.25, -0.2) is 0 Å². The van der Waals surface area contributed by atoms with Gasteiger partial charge in [-0.1, -0.05) is 43.6 Å². The Morgan fingerprint density at radius 3 is 2.40 bits per heavy atom. The van der Waals surface area contributed by atoms with Crippen LogP contribution in [0.3, 0.4) is 0 Å². The van der Waals surface area contributed by atoms with Crippen molar-refractivity contribution in [2.75, 3.05) is 50.0 Å². The lowest BCUT2D eigenvalue weighted by molar-refractivity contribution is -0.136. The molecule has 0 aliphatic carbocycles. The lowest BCUT2D eigenvalue weighted by atomic mass is 9.97. The molecule has 9 heteroatoms. The van der Waals surface area contributed by atoms with E-state index in [1.165, 1.54) is 11.9 Å². The number of benzene rings is 1. The predicted octanol–water partition coefficient (Wildman–Crippen LogP) is 3.19. The van der Waals surface area contributed by atoms with Gasteiger partial charge in [0, 0.05) is 62.8 Å². The lowest BCUT2D eigenvalue weighted by Gasteiger charge is -2.38. The highest BCUT2D eigenvalue weighted by Gasteiger charge is 2.33. The number of rotatable bonds is 8. The summed E-state index contributed by atoms with van der Waals surface area (Å²) >= 11 is 3.57. The molecule has 1 aromatic rings. The molecule has 2 heterocycles. The minimum Gasteiger partial charge on any atom is -0.369 e. The van der Waals surface area contributed by atoms with Crippen LogP contribution in [-0.2, 0) is 9.59 Å². The maximum absolute atomic E-state index is 13.0. The van der Waals surface area contributed by atoms with Crippen molar-refractivity contribution in [3.05, 3.63) is 29.3 Å². The lowest BCUT2D eigenvalue weighted by Crippen LogP contribution is -2.53. The van der Waals surface area contributed by atoms with Gasteiger partial charge in [-0.15, -0.1) is 0 Å². The first-order chi connectivity index (χ1) is 16.7. The van der Waals surface area contributed by atoms with E-state index >= 15 is 0 Å². The van der Waals surface area contributed by atoms with Crippen molar-refractivity contribution in [2.45, 2.75) is 46.6 Å². The van der Waals surface area contributed by atoms with Crippen LogP contribution in [0.2, 0.25) is 0 Å². The third-order valence-corrected chi connectivity index (χ3v) is 7.91. The molecule has 8 nitrogen and oxygen atoms in total. The molecule has 0 spiro atoms. The molecule has 2 saturated heterocycles. The molecule has 0 saturated carbocycles. The molecule has 0 radical (unpaired) electrons. The summed E-state index contributed by atoms with van der Waals surface area (Å²) in [7, 11) is 1.53. The molecule has 35 heavy (non-hydrogen) atoms. The van der Waals surface area contributed by atoms with Crippen LogP contribution in [0.25, 0.3) is 0 Å². The number of amides is 3. The highest BCUT2D eigenvalue weighted by Crippen LogP contribution is 2.24. The average molecular weight is 552 g/mol. The van der Waals surface area contributed by atoms with Crippen LogP contribution >= 0.6 is 15.9 Å². The number of piperazine rings is 1. The first-order valence-electron chi connectivity index (χ1n) is 12.5. The van der Waals surface area contributed by atoms with Crippen molar-refractivity contribution in [1.82, 2.24) is 15.1 Å². The number of aldehydes is 1. The highest BCUT2D eigenvalue weighted by molar-refractivity contribution is 9.09. The molecule has 2 aliphatic heterocycles. The van der Waals surface area contributed by atoms with Crippen molar-refractivity contribution in [1.29, 1.82) is 0 Å². The smallest absolute Gasteiger partial charge is 0.255 e. The number of alkyl halides is 1. The largest absolute Gasteiger partial charge is 0.369 e. The van der Waals surface area contributed by atoms with E-state index in [0.717, 1.165) is 43.7 Å². The fourth-order valence-corrected chi connectivity index (χ4v) is 4.99. The molecule has 1 N–H and O–H groups in total. The Balaban J connectivity index is 0.00000210. The fraction of sp³-hybridized carbons (Fsp3) is 0.615. The summed E-state index contributed by atoms with van der Waals surface area (Å²) in [5, 5.41) is 3.27. The molecule has 2 aliphatic rings. The number of carbonyl (C=O) groups is 4. The first kappa shape index (κ1) is 29.0. The van der Waals surface area contributed by atoms with E-state index in [-0.39, 0.29) is 24.3 Å². The molecule has 194 valence electrons. The number of halogens is 1. The second kappa shape index (κ2) is 13.7. The van der Waals surface area contributed by atoms with Crippen LogP contribution in [-0.4, -0.2) is 85.0 Å². The molecule has 1 aromatic carbocycles. The van der Waals surface area contributed by atoms with Gasteiger partial charge in [-0.3, -0.25) is 29.4 Å². The van der Waals surface area contributed by atoms with Crippen molar-refractivity contribution >= 4 is 45.6 Å². The number of likely N-dealkylation sites (N-methyl/N-ethyl adjacent to an activating group) is 1. The summed E-state index contributed by atoms with van der Waals surface area (Å²) in [5.74, 6) is 0.0231. The molecule has 3 rings (SSSR count). The second-order valence-electron chi connectivity index (χ2n) is 9.17. The van der Waals surface area contributed by atoms with Crippen LogP contribution < -0.4 is 10.2 Å². The fourth-order valence-electron chi connectivity index (χ4n) is 4.35. The SMILES string of the molecule is CC.CC(CBr)C(C)CN1CCN(c2ccc(C(=O)N(C)C3CCC(=O)NC3=O)c(C=O)c2)CC1. The summed E-state index contributed by atoms with van der Waals surface area (Å²) in [4.78, 5) is 54.4. The molecular weight excluding hydrogens is 512 g/mol. The van der Waals surface area contributed by atoms with Crippen molar-refractivity contribution < 1.29 is 19.2 Å². The van der Waals surface area contributed by atoms with Gasteiger partial charge >= 0.3 is 0 Å². The van der Waals surface area contributed by atoms with E-state index in [4.69, 9.17) is 0 Å². The maximum Gasteiger partial charge on any atom is 0.255 e. The van der Waals surface area contributed by atoms with E-state index in [2.05, 4.69) is 44.9 Å². The van der Waals surface area contributed by atoms with E-state index in [1.807, 2.05) is 19.9 Å². The van der Waals surface area contributed by atoms with Gasteiger partial charge in [0.2, 0.25) is 11.8 Å². The highest BCUT2D eigenvalue weighted by atomic mass is 79.9. The zero-order chi connectivity index (χ0) is 26.1. The summed E-state index contributed by atoms with van der Waals surface area (Å²) in [6.45, 7) is 13.2. The standard InChI is InChI=1S/C24H33BrN4O4.C2H6/c1-16(13-25)17(2)14-28-8-10-29(11-9-28)19-4-5-20(18(12-19)15-30)24(33)27(3)21-6-7-22(31)26-23(21)32;1-2/h4-5,12,15-17,21H,6-11,13-14H2,1-3H3,(H,26,31,32);1-2H3. The number of hydrogen-bond acceptors (Lipinski definition) is 6. The number of nitrogens with zero attached hydrogens (tertiary/aromatic N) is 3. The topological polar surface area (TPSA) is 90.0 Å². The minimum absolute atomic E-state index is 0.188. The van der Waals surface area contributed by atoms with Crippen LogP contribution in [0.5, 0.6) is 0 Å². The van der Waals surface area contributed by atoms with Gasteiger partial charge < -0.3 is 9.80 Å². The number of anilines is 1. The predicted molar refractivity (Wildman–Crippen MR) is 142 cm³/mol. The third-order valence-electron chi connectivity index (χ3n) is 6.89. The van der Waals surface area contributed by atoms with Gasteiger partial charge in [-0.2, -0.15) is 0 Å². The molecule has 0 bridgehead atoms. The molecule has 0 aromatic heterocycles. The zero-order valence-electron chi connectivity index (χ0n) is 21.6. The average Bonchev–Trinajstić information content (AvgIpc) is 2.88. The summed E-state index contributed by atoms with van der Waals surface area (Å²) in [6.07, 6.45) is 1.15. The number of carbonyl (C=O) groups excluding carboxylic acids is 4. The van der Waals surface area contributed by atoms with E-state index in [1.54, 1.807) is 12.1 Å². The molecule has 3 unspecified atom stereocenters. The first-order valence-corrected chi connectivity index (χ1v) is 13.6. The molecule has 3 atom stereocenters. The van der Waals surface area contributed by atoms with Crippen LogP contribution in [0.4, 0.5) is 5.69 Å². The third kappa shape index (κ3) is 7.36. The van der Waals surface area contributed by atoms with E-state index < -0.39 is 17.9 Å². The van der Waals surface area contributed by atoms with Crippen LogP contribution in [0.1, 0.15) is 61.3 Å². The Labute approximate surface area is 217 Å². The summed E-state index contributed by atoms with van der Waals surface area (Å²) < 4.78 is 0. The normalized spacial score (nSPS) is 20.3. The Hall–Kier alpha value is -2.26. The zero-order valence-corrected chi connectivity index (χ0v) is 23.1. The number of imide groups is 1. The van der Waals surface area contributed by atoms with Gasteiger partial charge in [-0.05, 0) is 36.5 Å². The second-order valence-corrected chi connectivity index (χ2v) is 9.82. The van der Waals surface area contributed by atoms with Crippen molar-refractivity contribution in [3.63, 3.8) is 0 Å². The van der Waals surface area contributed by atoms with Crippen molar-refractivity contribution in [2.24, 2.45) is 11.8 Å². The van der Waals surface area contributed by atoms with E-state index in [0.29, 0.717) is 23.7 Å². The van der Waals surface area contributed by atoms with Crippen LogP contribution in [0, 0.1) is 11.8 Å². The summed E-state index contributed by atoms with van der Waals surface area (Å²) in [6, 6.07) is 4.56. The maximum atomic E-state index is 13.0. The van der Waals surface area contributed by atoms with Gasteiger partial charge in [0.25, 0.3) is 5.91 Å². The summed E-state index contributed by atoms with van der Waals surface area (Å²) in [5.41, 5.74) is 1.48. The van der Waals surface area contributed by atoms with Crippen LogP contribution in [0.15, 0.2) is 18.2 Å². The van der Waals surface area contributed by atoms with Gasteiger partial charge in [0.15, 0.2) is 6.29 Å².